The molecule has 162 valence electrons. The topological polar surface area (TPSA) is 76.2 Å². The largest absolute Gasteiger partial charge is 0.361 e. The fourth-order valence-electron chi connectivity index (χ4n) is 3.45. The second-order valence-electron chi connectivity index (χ2n) is 7.71. The summed E-state index contributed by atoms with van der Waals surface area (Å²) >= 11 is 1.76. The van der Waals surface area contributed by atoms with Crippen molar-refractivity contribution in [1.29, 1.82) is 0 Å². The van der Waals surface area contributed by atoms with Gasteiger partial charge in [0.1, 0.15) is 5.76 Å². The molecule has 1 N–H and O–H groups in total. The average molecular weight is 430 g/mol. The van der Waals surface area contributed by atoms with Crippen LogP contribution in [0.25, 0.3) is 0 Å². The number of hydrogen-bond donors (Lipinski definition) is 1. The van der Waals surface area contributed by atoms with Gasteiger partial charge in [-0.2, -0.15) is 5.10 Å². The minimum Gasteiger partial charge on any atom is -0.361 e. The molecule has 3 aromatic heterocycles. The van der Waals surface area contributed by atoms with Gasteiger partial charge in [-0.3, -0.25) is 14.4 Å². The van der Waals surface area contributed by atoms with Gasteiger partial charge in [0, 0.05) is 41.8 Å². The molecule has 0 aliphatic carbocycles. The predicted molar refractivity (Wildman–Crippen MR) is 119 cm³/mol. The van der Waals surface area contributed by atoms with Gasteiger partial charge in [-0.15, -0.1) is 11.3 Å². The van der Waals surface area contributed by atoms with Gasteiger partial charge in [-0.05, 0) is 51.6 Å². The number of carbonyl (C=O) groups is 1. The van der Waals surface area contributed by atoms with Crippen molar-refractivity contribution in [3.63, 3.8) is 0 Å². The Morgan fingerprint density at radius 2 is 2.17 bits per heavy atom. The minimum absolute atomic E-state index is 0.205. The number of amides is 1. The molecule has 0 bridgehead atoms. The van der Waals surface area contributed by atoms with Crippen molar-refractivity contribution >= 4 is 17.2 Å². The number of hydrogen-bond acceptors (Lipinski definition) is 6. The van der Waals surface area contributed by atoms with Gasteiger partial charge < -0.3 is 9.84 Å². The monoisotopic (exact) mass is 429 g/mol. The lowest BCUT2D eigenvalue weighted by atomic mass is 10.1. The van der Waals surface area contributed by atoms with Gasteiger partial charge in [0.25, 0.3) is 5.91 Å². The van der Waals surface area contributed by atoms with E-state index < -0.39 is 0 Å². The first-order chi connectivity index (χ1) is 14.4. The van der Waals surface area contributed by atoms with Gasteiger partial charge in [-0.25, -0.2) is 0 Å². The molecule has 0 fully saturated rings. The van der Waals surface area contributed by atoms with E-state index in [9.17, 15) is 4.79 Å². The highest BCUT2D eigenvalue weighted by molar-refractivity contribution is 7.09. The highest BCUT2D eigenvalue weighted by atomic mass is 32.1. The maximum Gasteiger partial charge on any atom is 0.273 e. The highest BCUT2D eigenvalue weighted by Crippen LogP contribution is 2.17. The number of thiophene rings is 1. The lowest BCUT2D eigenvalue weighted by Gasteiger charge is -2.28. The van der Waals surface area contributed by atoms with Crippen molar-refractivity contribution in [3.8, 4) is 0 Å². The number of nitrogens with one attached hydrogen (secondary N) is 1. The lowest BCUT2D eigenvalue weighted by Crippen LogP contribution is -2.39. The maximum atomic E-state index is 12.8. The third kappa shape index (κ3) is 5.37. The molecule has 3 heterocycles. The quantitative estimate of drug-likeness (QED) is 0.528. The van der Waals surface area contributed by atoms with Crippen LogP contribution in [0, 0.1) is 20.8 Å². The van der Waals surface area contributed by atoms with Crippen molar-refractivity contribution in [2.75, 3.05) is 13.1 Å². The van der Waals surface area contributed by atoms with Crippen molar-refractivity contribution < 1.29 is 9.32 Å². The molecule has 0 saturated heterocycles. The van der Waals surface area contributed by atoms with Crippen LogP contribution in [0.5, 0.6) is 0 Å². The van der Waals surface area contributed by atoms with Crippen LogP contribution < -0.4 is 5.32 Å². The summed E-state index contributed by atoms with van der Waals surface area (Å²) in [6.07, 6.45) is 1.06. The molecule has 30 heavy (non-hydrogen) atoms. The number of rotatable bonds is 10. The van der Waals surface area contributed by atoms with Crippen LogP contribution >= 0.6 is 11.3 Å². The van der Waals surface area contributed by atoms with Crippen molar-refractivity contribution in [1.82, 2.24) is 25.2 Å². The van der Waals surface area contributed by atoms with E-state index in [1.54, 1.807) is 11.3 Å². The molecular weight excluding hydrogens is 398 g/mol. The molecule has 0 unspecified atom stereocenters. The van der Waals surface area contributed by atoms with E-state index in [2.05, 4.69) is 51.8 Å². The Balaban J connectivity index is 1.62. The number of carbonyl (C=O) groups excluding carboxylic acids is 1. The summed E-state index contributed by atoms with van der Waals surface area (Å²) in [6.45, 7) is 12.9. The molecule has 0 aliphatic rings. The molecule has 8 heteroatoms. The second-order valence-corrected chi connectivity index (χ2v) is 8.75. The molecule has 0 spiro atoms. The van der Waals surface area contributed by atoms with E-state index in [1.165, 1.54) is 4.88 Å². The zero-order valence-corrected chi connectivity index (χ0v) is 19.3. The number of nitrogens with zero attached hydrogens (tertiary/aromatic N) is 4. The van der Waals surface area contributed by atoms with Crippen LogP contribution in [-0.4, -0.2) is 44.9 Å². The third-order valence-electron chi connectivity index (χ3n) is 5.45. The van der Waals surface area contributed by atoms with Crippen LogP contribution in [0.3, 0.4) is 0 Å². The van der Waals surface area contributed by atoms with Crippen molar-refractivity contribution in [3.05, 3.63) is 56.9 Å². The van der Waals surface area contributed by atoms with E-state index in [1.807, 2.05) is 31.5 Å². The predicted octanol–water partition coefficient (Wildman–Crippen LogP) is 3.94. The molecule has 0 aliphatic heterocycles. The van der Waals surface area contributed by atoms with E-state index in [0.29, 0.717) is 30.6 Å². The van der Waals surface area contributed by atoms with Crippen LogP contribution in [0.1, 0.15) is 58.3 Å². The summed E-state index contributed by atoms with van der Waals surface area (Å²) in [5.74, 6) is 0.440. The summed E-state index contributed by atoms with van der Waals surface area (Å²) in [5.41, 5.74) is 3.10. The Morgan fingerprint density at radius 3 is 2.80 bits per heavy atom. The molecule has 3 rings (SSSR count). The fraction of sp³-hybridized carbons (Fsp3) is 0.500. The third-order valence-corrected chi connectivity index (χ3v) is 6.31. The van der Waals surface area contributed by atoms with Crippen LogP contribution in [0.2, 0.25) is 0 Å². The zero-order chi connectivity index (χ0) is 21.7. The molecule has 3 aromatic rings. The molecule has 1 atom stereocenters. The molecule has 7 nitrogen and oxygen atoms in total. The van der Waals surface area contributed by atoms with E-state index >= 15 is 0 Å². The Hall–Kier alpha value is -2.45. The fourth-order valence-corrected chi connectivity index (χ4v) is 4.18. The first-order valence-electron chi connectivity index (χ1n) is 10.4. The smallest absolute Gasteiger partial charge is 0.273 e. The van der Waals surface area contributed by atoms with Gasteiger partial charge in [0.05, 0.1) is 12.2 Å². The number of aryl methyl sites for hydroxylation is 3. The Morgan fingerprint density at radius 1 is 1.37 bits per heavy atom. The second kappa shape index (κ2) is 10.0. The van der Waals surface area contributed by atoms with E-state index in [4.69, 9.17) is 4.52 Å². The van der Waals surface area contributed by atoms with Crippen LogP contribution in [-0.2, 0) is 13.1 Å². The first-order valence-corrected chi connectivity index (χ1v) is 11.3. The van der Waals surface area contributed by atoms with Crippen molar-refractivity contribution in [2.24, 2.45) is 0 Å². The molecule has 0 saturated carbocycles. The van der Waals surface area contributed by atoms with Gasteiger partial charge in [0.2, 0.25) is 0 Å². The summed E-state index contributed by atoms with van der Waals surface area (Å²) in [6, 6.07) is 6.69. The zero-order valence-electron chi connectivity index (χ0n) is 18.4. The average Bonchev–Trinajstić information content (AvgIpc) is 3.43. The van der Waals surface area contributed by atoms with E-state index in [0.717, 1.165) is 36.5 Å². The van der Waals surface area contributed by atoms with Gasteiger partial charge in [0.15, 0.2) is 5.69 Å². The summed E-state index contributed by atoms with van der Waals surface area (Å²) in [4.78, 5) is 16.6. The van der Waals surface area contributed by atoms with Crippen LogP contribution in [0.15, 0.2) is 28.1 Å². The van der Waals surface area contributed by atoms with E-state index in [-0.39, 0.29) is 5.91 Å². The number of aromatic nitrogens is 3. The molecule has 1 amide bonds. The van der Waals surface area contributed by atoms with Crippen molar-refractivity contribution in [2.45, 2.75) is 60.2 Å². The maximum absolute atomic E-state index is 12.8. The molecular formula is C22H31N5O2S. The molecule has 0 radical (unpaired) electrons. The summed E-state index contributed by atoms with van der Waals surface area (Å²) in [5, 5.41) is 13.6. The normalized spacial score (nSPS) is 12.5. The standard InChI is InChI=1S/C22H31N5O2S/c1-6-16(3)26(13-19-8-7-11-30-19)10-9-23-22(28)21-20(18(5)29-25-21)14-27-17(4)12-15(2)24-27/h7-8,11-12,16H,6,9-10,13-14H2,1-5H3,(H,23,28)/t16-/m1/s1. The van der Waals surface area contributed by atoms with Crippen LogP contribution in [0.4, 0.5) is 0 Å². The van der Waals surface area contributed by atoms with Gasteiger partial charge >= 0.3 is 0 Å². The Bertz CT molecular complexity index is 961. The lowest BCUT2D eigenvalue weighted by molar-refractivity contribution is 0.0933. The highest BCUT2D eigenvalue weighted by Gasteiger charge is 2.21. The molecule has 0 aromatic carbocycles. The summed E-state index contributed by atoms with van der Waals surface area (Å²) < 4.78 is 7.20. The van der Waals surface area contributed by atoms with Gasteiger partial charge in [-0.1, -0.05) is 18.1 Å². The SMILES string of the molecule is CC[C@@H](C)N(CCNC(=O)c1noc(C)c1Cn1nc(C)cc1C)Cc1cccs1. The minimum atomic E-state index is -0.205. The first kappa shape index (κ1) is 22.2. The Labute approximate surface area is 182 Å². The Kier molecular flexibility index (Phi) is 7.44. The summed E-state index contributed by atoms with van der Waals surface area (Å²) in [7, 11) is 0.